The van der Waals surface area contributed by atoms with E-state index in [-0.39, 0.29) is 0 Å². The summed E-state index contributed by atoms with van der Waals surface area (Å²) in [5.74, 6) is 0.658. The third-order valence-electron chi connectivity index (χ3n) is 2.89. The topological polar surface area (TPSA) is 28.7 Å². The van der Waals surface area contributed by atoms with Gasteiger partial charge in [-0.25, -0.2) is 0 Å². The number of hydrogen-bond acceptors (Lipinski definition) is 1. The van der Waals surface area contributed by atoms with Crippen LogP contribution < -0.4 is 0 Å². The van der Waals surface area contributed by atoms with E-state index in [2.05, 4.69) is 31.0 Å². The molecular weight excluding hydrogens is 172 g/mol. The van der Waals surface area contributed by atoms with Crippen LogP contribution in [0.5, 0.6) is 0 Å². The van der Waals surface area contributed by atoms with E-state index in [0.29, 0.717) is 5.92 Å². The number of H-pyrrole nitrogens is 1. The van der Waals surface area contributed by atoms with Crippen molar-refractivity contribution < 1.29 is 0 Å². The molecule has 0 aliphatic heterocycles. The van der Waals surface area contributed by atoms with E-state index in [1.807, 2.05) is 6.20 Å². The van der Waals surface area contributed by atoms with Gasteiger partial charge in [-0.05, 0) is 24.8 Å². The summed E-state index contributed by atoms with van der Waals surface area (Å²) in [5, 5.41) is 7.09. The molecule has 1 aromatic heterocycles. The molecule has 1 heterocycles. The van der Waals surface area contributed by atoms with E-state index in [4.69, 9.17) is 0 Å². The number of rotatable bonds is 6. The van der Waals surface area contributed by atoms with Crippen LogP contribution in [0.4, 0.5) is 0 Å². The van der Waals surface area contributed by atoms with Crippen LogP contribution in [0.2, 0.25) is 0 Å². The Labute approximate surface area is 87.1 Å². The third-order valence-corrected chi connectivity index (χ3v) is 2.89. The van der Waals surface area contributed by atoms with Crippen molar-refractivity contribution in [2.75, 3.05) is 0 Å². The summed E-state index contributed by atoms with van der Waals surface area (Å²) < 4.78 is 0. The lowest BCUT2D eigenvalue weighted by Gasteiger charge is -2.09. The molecule has 0 radical (unpaired) electrons. The number of nitrogens with zero attached hydrogens (tertiary/aromatic N) is 1. The maximum absolute atomic E-state index is 4.16. The zero-order valence-electron chi connectivity index (χ0n) is 9.64. The van der Waals surface area contributed by atoms with Crippen LogP contribution in [0.3, 0.4) is 0 Å². The lowest BCUT2D eigenvalue weighted by molar-refractivity contribution is 0.578. The van der Waals surface area contributed by atoms with E-state index in [9.17, 15) is 0 Å². The summed E-state index contributed by atoms with van der Waals surface area (Å²) >= 11 is 0. The smallest absolute Gasteiger partial charge is 0.0625 e. The van der Waals surface area contributed by atoms with Gasteiger partial charge in [0.1, 0.15) is 0 Å². The van der Waals surface area contributed by atoms with E-state index in [1.165, 1.54) is 37.7 Å². The van der Waals surface area contributed by atoms with Crippen molar-refractivity contribution in [2.45, 2.75) is 58.8 Å². The number of unbranched alkanes of at least 4 members (excludes halogenated alkanes) is 3. The summed E-state index contributed by atoms with van der Waals surface area (Å²) in [7, 11) is 0. The first-order valence-electron chi connectivity index (χ1n) is 5.76. The van der Waals surface area contributed by atoms with Crippen molar-refractivity contribution in [1.29, 1.82) is 0 Å². The highest BCUT2D eigenvalue weighted by Gasteiger charge is 2.09. The summed E-state index contributed by atoms with van der Waals surface area (Å²) in [6.45, 7) is 6.63. The van der Waals surface area contributed by atoms with E-state index in [1.54, 1.807) is 0 Å². The fourth-order valence-corrected chi connectivity index (χ4v) is 1.90. The number of aromatic amines is 1. The highest BCUT2D eigenvalue weighted by atomic mass is 15.1. The fraction of sp³-hybridized carbons (Fsp3) is 0.750. The first kappa shape index (κ1) is 11.3. The molecule has 0 saturated heterocycles. The quantitative estimate of drug-likeness (QED) is 0.686. The Kier molecular flexibility index (Phi) is 4.71. The second-order valence-corrected chi connectivity index (χ2v) is 4.18. The Morgan fingerprint density at radius 2 is 2.14 bits per heavy atom. The molecule has 1 unspecified atom stereocenters. The number of aromatic nitrogens is 2. The minimum Gasteiger partial charge on any atom is -0.285 e. The van der Waals surface area contributed by atoms with Gasteiger partial charge in [-0.2, -0.15) is 5.10 Å². The molecule has 0 fully saturated rings. The maximum atomic E-state index is 4.16. The predicted octanol–water partition coefficient (Wildman–Crippen LogP) is 3.79. The first-order chi connectivity index (χ1) is 6.75. The monoisotopic (exact) mass is 194 g/mol. The fourth-order valence-electron chi connectivity index (χ4n) is 1.90. The molecule has 1 aromatic rings. The van der Waals surface area contributed by atoms with Crippen molar-refractivity contribution >= 4 is 0 Å². The molecule has 80 valence electrons. The van der Waals surface area contributed by atoms with Crippen LogP contribution in [0, 0.1) is 6.92 Å². The first-order valence-corrected chi connectivity index (χ1v) is 5.76. The highest BCUT2D eigenvalue weighted by Crippen LogP contribution is 2.23. The van der Waals surface area contributed by atoms with Gasteiger partial charge in [-0.1, -0.05) is 39.5 Å². The second kappa shape index (κ2) is 5.84. The van der Waals surface area contributed by atoms with Gasteiger partial charge in [0.05, 0.1) is 5.69 Å². The van der Waals surface area contributed by atoms with Gasteiger partial charge in [0.2, 0.25) is 0 Å². The molecule has 2 heteroatoms. The molecule has 2 nitrogen and oxygen atoms in total. The van der Waals surface area contributed by atoms with Crippen LogP contribution in [0.1, 0.15) is 63.1 Å². The van der Waals surface area contributed by atoms with Gasteiger partial charge in [-0.3, -0.25) is 5.10 Å². The minimum absolute atomic E-state index is 0.658. The van der Waals surface area contributed by atoms with Gasteiger partial charge >= 0.3 is 0 Å². The molecule has 0 bridgehead atoms. The summed E-state index contributed by atoms with van der Waals surface area (Å²) in [4.78, 5) is 0. The van der Waals surface area contributed by atoms with Crippen molar-refractivity contribution in [3.8, 4) is 0 Å². The SMILES string of the molecule is CCCCCCC(C)c1c[nH]nc1C. The van der Waals surface area contributed by atoms with Gasteiger partial charge in [0.15, 0.2) is 0 Å². The van der Waals surface area contributed by atoms with Crippen molar-refractivity contribution in [3.63, 3.8) is 0 Å². The Bertz CT molecular complexity index is 253. The van der Waals surface area contributed by atoms with Crippen molar-refractivity contribution in [1.82, 2.24) is 10.2 Å². The number of hydrogen-bond donors (Lipinski definition) is 1. The molecule has 1 atom stereocenters. The Hall–Kier alpha value is -0.790. The van der Waals surface area contributed by atoms with Crippen LogP contribution in [-0.2, 0) is 0 Å². The standard InChI is InChI=1S/C12H22N2/c1-4-5-6-7-8-10(2)12-9-13-14-11(12)3/h9-10H,4-8H2,1-3H3,(H,13,14). The van der Waals surface area contributed by atoms with Crippen molar-refractivity contribution in [2.24, 2.45) is 0 Å². The van der Waals surface area contributed by atoms with E-state index < -0.39 is 0 Å². The minimum atomic E-state index is 0.658. The average molecular weight is 194 g/mol. The maximum Gasteiger partial charge on any atom is 0.0625 e. The molecule has 0 spiro atoms. The summed E-state index contributed by atoms with van der Waals surface area (Å²) in [6.07, 6.45) is 8.74. The molecule has 0 aliphatic rings. The van der Waals surface area contributed by atoms with Crippen LogP contribution in [0.15, 0.2) is 6.20 Å². The predicted molar refractivity (Wildman–Crippen MR) is 60.5 cm³/mol. The molecule has 1 N–H and O–H groups in total. The molecule has 0 aromatic carbocycles. The highest BCUT2D eigenvalue weighted by molar-refractivity contribution is 5.18. The van der Waals surface area contributed by atoms with E-state index in [0.717, 1.165) is 5.69 Å². The lowest BCUT2D eigenvalue weighted by atomic mass is 9.95. The molecule has 0 aliphatic carbocycles. The van der Waals surface area contributed by atoms with Crippen molar-refractivity contribution in [3.05, 3.63) is 17.5 Å². The van der Waals surface area contributed by atoms with Crippen LogP contribution in [-0.4, -0.2) is 10.2 Å². The Balaban J connectivity index is 2.28. The zero-order chi connectivity index (χ0) is 10.4. The normalized spacial score (nSPS) is 13.1. The second-order valence-electron chi connectivity index (χ2n) is 4.18. The largest absolute Gasteiger partial charge is 0.285 e. The third kappa shape index (κ3) is 3.17. The van der Waals surface area contributed by atoms with Gasteiger partial charge in [0, 0.05) is 6.20 Å². The van der Waals surface area contributed by atoms with E-state index >= 15 is 0 Å². The van der Waals surface area contributed by atoms with Gasteiger partial charge in [0.25, 0.3) is 0 Å². The molecule has 14 heavy (non-hydrogen) atoms. The Morgan fingerprint density at radius 3 is 2.71 bits per heavy atom. The molecule has 0 amide bonds. The molecule has 1 rings (SSSR count). The summed E-state index contributed by atoms with van der Waals surface area (Å²) in [5.41, 5.74) is 2.55. The van der Waals surface area contributed by atoms with Crippen LogP contribution in [0.25, 0.3) is 0 Å². The average Bonchev–Trinajstić information content (AvgIpc) is 2.59. The molecular formula is C12H22N2. The molecule has 0 saturated carbocycles. The van der Waals surface area contributed by atoms with Gasteiger partial charge in [-0.15, -0.1) is 0 Å². The Morgan fingerprint density at radius 1 is 1.36 bits per heavy atom. The lowest BCUT2D eigenvalue weighted by Crippen LogP contribution is -1.94. The van der Waals surface area contributed by atoms with Crippen LogP contribution >= 0.6 is 0 Å². The van der Waals surface area contributed by atoms with Gasteiger partial charge < -0.3 is 0 Å². The number of nitrogens with one attached hydrogen (secondary N) is 1. The zero-order valence-corrected chi connectivity index (χ0v) is 9.64. The number of aryl methyl sites for hydroxylation is 1. The summed E-state index contributed by atoms with van der Waals surface area (Å²) in [6, 6.07) is 0.